The Balaban J connectivity index is 1.96. The number of aliphatic hydroxyl groups excluding tert-OH is 1. The molecule has 2 heterocycles. The third kappa shape index (κ3) is 3.58. The molecule has 0 radical (unpaired) electrons. The van der Waals surface area contributed by atoms with Crippen molar-refractivity contribution < 1.29 is 19.4 Å². The van der Waals surface area contributed by atoms with Crippen molar-refractivity contribution in [1.29, 1.82) is 0 Å². The smallest absolute Gasteiger partial charge is 0.354 e. The maximum absolute atomic E-state index is 10.8. The third-order valence-electron chi connectivity index (χ3n) is 2.81. The molecule has 0 aliphatic heterocycles. The molecule has 0 bridgehead atoms. The number of carboxylic acid groups (broad SMARTS) is 1. The van der Waals surface area contributed by atoms with Gasteiger partial charge in [-0.1, -0.05) is 6.07 Å². The number of hydrogen-bond donors (Lipinski definition) is 3. The Labute approximate surface area is 116 Å². The molecule has 0 saturated carbocycles. The SMILES string of the molecule is CC(CC(O)c1ccco1)Nc1cccc(C(=O)O)n1. The van der Waals surface area contributed by atoms with Crippen LogP contribution in [-0.4, -0.2) is 27.2 Å². The second-order valence-electron chi connectivity index (χ2n) is 4.53. The number of nitrogens with one attached hydrogen (secondary N) is 1. The van der Waals surface area contributed by atoms with Crippen molar-refractivity contribution in [2.24, 2.45) is 0 Å². The molecule has 6 heteroatoms. The van der Waals surface area contributed by atoms with Crippen molar-refractivity contribution in [1.82, 2.24) is 4.98 Å². The topological polar surface area (TPSA) is 95.6 Å². The first kappa shape index (κ1) is 14.1. The van der Waals surface area contributed by atoms with Crippen molar-refractivity contribution >= 4 is 11.8 Å². The Kier molecular flexibility index (Phi) is 4.37. The highest BCUT2D eigenvalue weighted by Gasteiger charge is 2.15. The summed E-state index contributed by atoms with van der Waals surface area (Å²) in [6, 6.07) is 8.06. The van der Waals surface area contributed by atoms with E-state index in [1.54, 1.807) is 24.3 Å². The van der Waals surface area contributed by atoms with Crippen molar-refractivity contribution in [3.8, 4) is 0 Å². The summed E-state index contributed by atoms with van der Waals surface area (Å²) in [7, 11) is 0. The number of rotatable bonds is 6. The van der Waals surface area contributed by atoms with Gasteiger partial charge in [0.2, 0.25) is 0 Å². The van der Waals surface area contributed by atoms with Gasteiger partial charge in [0.15, 0.2) is 5.69 Å². The zero-order chi connectivity index (χ0) is 14.5. The summed E-state index contributed by atoms with van der Waals surface area (Å²) in [5.74, 6) is -0.105. The van der Waals surface area contributed by atoms with Gasteiger partial charge in [0, 0.05) is 12.5 Å². The van der Waals surface area contributed by atoms with Crippen molar-refractivity contribution in [2.45, 2.75) is 25.5 Å². The van der Waals surface area contributed by atoms with Gasteiger partial charge in [-0.2, -0.15) is 0 Å². The van der Waals surface area contributed by atoms with Gasteiger partial charge in [-0.25, -0.2) is 9.78 Å². The largest absolute Gasteiger partial charge is 0.477 e. The van der Waals surface area contributed by atoms with E-state index in [-0.39, 0.29) is 11.7 Å². The average molecular weight is 276 g/mol. The Morgan fingerprint density at radius 3 is 2.85 bits per heavy atom. The van der Waals surface area contributed by atoms with Crippen LogP contribution in [0.4, 0.5) is 5.82 Å². The lowest BCUT2D eigenvalue weighted by atomic mass is 10.1. The van der Waals surface area contributed by atoms with Gasteiger partial charge in [0.1, 0.15) is 17.7 Å². The Bertz CT molecular complexity index is 568. The molecule has 0 aromatic carbocycles. The van der Waals surface area contributed by atoms with Crippen LogP contribution in [0.25, 0.3) is 0 Å². The lowest BCUT2D eigenvalue weighted by molar-refractivity contribution is 0.0690. The number of nitrogens with zero attached hydrogens (tertiary/aromatic N) is 1. The van der Waals surface area contributed by atoms with Crippen LogP contribution in [-0.2, 0) is 0 Å². The summed E-state index contributed by atoms with van der Waals surface area (Å²) >= 11 is 0. The number of pyridine rings is 1. The molecule has 2 aromatic heterocycles. The maximum atomic E-state index is 10.8. The summed E-state index contributed by atoms with van der Waals surface area (Å²) in [6.07, 6.45) is 1.22. The van der Waals surface area contributed by atoms with Gasteiger partial charge in [0.25, 0.3) is 0 Å². The summed E-state index contributed by atoms with van der Waals surface area (Å²) < 4.78 is 5.13. The quantitative estimate of drug-likeness (QED) is 0.749. The van der Waals surface area contributed by atoms with E-state index in [0.29, 0.717) is 18.0 Å². The number of carboxylic acids is 1. The van der Waals surface area contributed by atoms with Gasteiger partial charge in [-0.05, 0) is 31.2 Å². The number of furan rings is 1. The highest BCUT2D eigenvalue weighted by Crippen LogP contribution is 2.20. The van der Waals surface area contributed by atoms with Crippen LogP contribution in [0, 0.1) is 0 Å². The fraction of sp³-hybridized carbons (Fsp3) is 0.286. The average Bonchev–Trinajstić information content (AvgIpc) is 2.92. The highest BCUT2D eigenvalue weighted by molar-refractivity contribution is 5.85. The molecule has 20 heavy (non-hydrogen) atoms. The van der Waals surface area contributed by atoms with Gasteiger partial charge < -0.3 is 19.9 Å². The van der Waals surface area contributed by atoms with E-state index in [1.807, 2.05) is 6.92 Å². The van der Waals surface area contributed by atoms with Crippen LogP contribution in [0.5, 0.6) is 0 Å². The number of aromatic carboxylic acids is 1. The molecule has 0 saturated heterocycles. The van der Waals surface area contributed by atoms with E-state index in [1.165, 1.54) is 12.3 Å². The highest BCUT2D eigenvalue weighted by atomic mass is 16.4. The first-order chi connectivity index (χ1) is 9.56. The number of aromatic nitrogens is 1. The number of carbonyl (C=O) groups is 1. The second-order valence-corrected chi connectivity index (χ2v) is 4.53. The predicted molar refractivity (Wildman–Crippen MR) is 72.6 cm³/mol. The summed E-state index contributed by atoms with van der Waals surface area (Å²) in [5, 5.41) is 21.9. The van der Waals surface area contributed by atoms with Gasteiger partial charge >= 0.3 is 5.97 Å². The minimum atomic E-state index is -1.07. The summed E-state index contributed by atoms with van der Waals surface area (Å²) in [5.41, 5.74) is -0.0196. The molecule has 0 spiro atoms. The van der Waals surface area contributed by atoms with E-state index in [9.17, 15) is 9.90 Å². The normalized spacial score (nSPS) is 13.7. The number of anilines is 1. The van der Waals surface area contributed by atoms with E-state index < -0.39 is 12.1 Å². The molecule has 0 aliphatic rings. The number of hydrogen-bond acceptors (Lipinski definition) is 5. The fourth-order valence-electron chi connectivity index (χ4n) is 1.88. The first-order valence-electron chi connectivity index (χ1n) is 6.24. The Hall–Kier alpha value is -2.34. The molecule has 3 N–H and O–H groups in total. The monoisotopic (exact) mass is 276 g/mol. The zero-order valence-corrected chi connectivity index (χ0v) is 11.0. The Morgan fingerprint density at radius 1 is 1.40 bits per heavy atom. The molecular formula is C14H16N2O4. The molecule has 0 amide bonds. The number of aliphatic hydroxyl groups is 1. The van der Waals surface area contributed by atoms with Crippen LogP contribution in [0.1, 0.15) is 35.7 Å². The van der Waals surface area contributed by atoms with Crippen molar-refractivity contribution in [2.75, 3.05) is 5.32 Å². The molecule has 6 nitrogen and oxygen atoms in total. The van der Waals surface area contributed by atoms with E-state index >= 15 is 0 Å². The van der Waals surface area contributed by atoms with Crippen LogP contribution in [0.15, 0.2) is 41.0 Å². The maximum Gasteiger partial charge on any atom is 0.354 e. The van der Waals surface area contributed by atoms with E-state index in [0.717, 1.165) is 0 Å². The molecular weight excluding hydrogens is 260 g/mol. The lowest BCUT2D eigenvalue weighted by Gasteiger charge is -2.17. The molecule has 106 valence electrons. The fourth-order valence-corrected chi connectivity index (χ4v) is 1.88. The molecule has 2 aromatic rings. The summed E-state index contributed by atoms with van der Waals surface area (Å²) in [6.45, 7) is 1.88. The molecule has 0 fully saturated rings. The Morgan fingerprint density at radius 2 is 2.20 bits per heavy atom. The van der Waals surface area contributed by atoms with E-state index in [2.05, 4.69) is 10.3 Å². The van der Waals surface area contributed by atoms with Crippen LogP contribution < -0.4 is 5.32 Å². The molecule has 2 unspecified atom stereocenters. The van der Waals surface area contributed by atoms with Crippen LogP contribution in [0.3, 0.4) is 0 Å². The standard InChI is InChI=1S/C14H16N2O4/c1-9(8-11(17)12-5-3-7-20-12)15-13-6-2-4-10(16-13)14(18)19/h2-7,9,11,17H,8H2,1H3,(H,15,16)(H,18,19). The van der Waals surface area contributed by atoms with Crippen molar-refractivity contribution in [3.05, 3.63) is 48.0 Å². The van der Waals surface area contributed by atoms with Crippen LogP contribution in [0.2, 0.25) is 0 Å². The van der Waals surface area contributed by atoms with E-state index in [4.69, 9.17) is 9.52 Å². The second kappa shape index (κ2) is 6.21. The predicted octanol–water partition coefficient (Wildman–Crippen LogP) is 2.30. The molecule has 2 atom stereocenters. The van der Waals surface area contributed by atoms with Crippen molar-refractivity contribution in [3.63, 3.8) is 0 Å². The molecule has 0 aliphatic carbocycles. The van der Waals surface area contributed by atoms with Gasteiger partial charge in [-0.3, -0.25) is 0 Å². The molecule has 2 rings (SSSR count). The minimum Gasteiger partial charge on any atom is -0.477 e. The first-order valence-corrected chi connectivity index (χ1v) is 6.24. The zero-order valence-electron chi connectivity index (χ0n) is 11.0. The lowest BCUT2D eigenvalue weighted by Crippen LogP contribution is -2.19. The minimum absolute atomic E-state index is 0.0196. The van der Waals surface area contributed by atoms with Crippen LogP contribution >= 0.6 is 0 Å². The van der Waals surface area contributed by atoms with Gasteiger partial charge in [0.05, 0.1) is 6.26 Å². The third-order valence-corrected chi connectivity index (χ3v) is 2.81. The summed E-state index contributed by atoms with van der Waals surface area (Å²) in [4.78, 5) is 14.8. The van der Waals surface area contributed by atoms with Gasteiger partial charge in [-0.15, -0.1) is 0 Å².